The second-order valence-electron chi connectivity index (χ2n) is 0.858. The maximum absolute atomic E-state index is 10.1. The van der Waals surface area contributed by atoms with Crippen LogP contribution in [-0.2, 0) is 11.2 Å². The molecule has 0 amide bonds. The van der Waals surface area contributed by atoms with E-state index in [-0.39, 0.29) is 0 Å². The van der Waals surface area contributed by atoms with Crippen molar-refractivity contribution in [2.24, 2.45) is 5.14 Å². The van der Waals surface area contributed by atoms with Crippen LogP contribution in [0.1, 0.15) is 0 Å². The van der Waals surface area contributed by atoms with Crippen LogP contribution in [-0.4, -0.2) is 15.9 Å². The first-order valence-corrected chi connectivity index (χ1v) is 4.16. The Morgan fingerprint density at radius 1 is 2.00 bits per heavy atom. The third kappa shape index (κ3) is 4.62. The van der Waals surface area contributed by atoms with Crippen molar-refractivity contribution in [1.29, 1.82) is 0 Å². The van der Waals surface area contributed by atoms with E-state index in [1.54, 1.807) is 6.26 Å². The van der Waals surface area contributed by atoms with Crippen molar-refractivity contribution in [3.8, 4) is 0 Å². The highest BCUT2D eigenvalue weighted by atomic mass is 32.3. The molecule has 6 heavy (non-hydrogen) atoms. The average Bonchev–Trinajstić information content (AvgIpc) is 1.35. The van der Waals surface area contributed by atoms with Crippen LogP contribution in [0.15, 0.2) is 0 Å². The Morgan fingerprint density at radius 3 is 2.50 bits per heavy atom. The summed E-state index contributed by atoms with van der Waals surface area (Å²) >= 11 is 0.382. The van der Waals surface area contributed by atoms with Crippen LogP contribution in [0.3, 0.4) is 0 Å². The molecule has 1 atom stereocenters. The first-order valence-electron chi connectivity index (χ1n) is 1.39. The van der Waals surface area contributed by atoms with Gasteiger partial charge in [-0.2, -0.15) is 0 Å². The summed E-state index contributed by atoms with van der Waals surface area (Å²) in [5, 5.41) is 5.49. The summed E-state index contributed by atoms with van der Waals surface area (Å²) in [5.74, 6) is 0. The van der Waals surface area contributed by atoms with Gasteiger partial charge in [-0.15, -0.1) is 0 Å². The van der Waals surface area contributed by atoms with Gasteiger partial charge >= 0.3 is 0 Å². The van der Waals surface area contributed by atoms with Gasteiger partial charge in [-0.05, 0) is 23.1 Å². The fourth-order valence-electron chi connectivity index (χ4n) is 0.0958. The van der Waals surface area contributed by atoms with Crippen LogP contribution < -0.4 is 5.14 Å². The predicted molar refractivity (Wildman–Crippen MR) is 30.7 cm³/mol. The lowest BCUT2D eigenvalue weighted by molar-refractivity contribution is 0.605. The summed E-state index contributed by atoms with van der Waals surface area (Å²) in [6.45, 7) is 0. The lowest BCUT2D eigenvalue weighted by Crippen LogP contribution is -2.00. The van der Waals surface area contributed by atoms with E-state index in [1.807, 2.05) is 0 Å². The Labute approximate surface area is 44.8 Å². The minimum atomic E-state index is -0.728. The molecule has 0 aliphatic heterocycles. The molecule has 0 aromatic carbocycles. The van der Waals surface area contributed by atoms with Crippen LogP contribution in [0, 0.1) is 0 Å². The molecule has 1 unspecified atom stereocenters. The Kier molecular flexibility index (Phi) is 4.19. The fourth-order valence-corrected chi connectivity index (χ4v) is 0.862. The molecule has 0 saturated heterocycles. The summed E-state index contributed by atoms with van der Waals surface area (Å²) in [4.78, 5) is 0. The van der Waals surface area contributed by atoms with E-state index in [4.69, 9.17) is 5.14 Å². The maximum Gasteiger partial charge on any atom is 0.164 e. The standard InChI is InChI=1S/C2H7NOS2/c1-6(4)2-5-3/h2-3H2,1H3. The Bertz CT molecular complexity index is 32.7. The molecule has 0 spiro atoms. The zero-order chi connectivity index (χ0) is 4.99. The van der Waals surface area contributed by atoms with Crippen molar-refractivity contribution in [3.05, 3.63) is 0 Å². The summed E-state index contributed by atoms with van der Waals surface area (Å²) in [5.41, 5.74) is 0. The smallest absolute Gasteiger partial charge is 0.164 e. The van der Waals surface area contributed by atoms with Gasteiger partial charge in [0.25, 0.3) is 0 Å². The van der Waals surface area contributed by atoms with E-state index in [2.05, 4.69) is 0 Å². The maximum atomic E-state index is 10.1. The third-order valence-electron chi connectivity index (χ3n) is 0.234. The van der Waals surface area contributed by atoms with Gasteiger partial charge in [-0.1, -0.05) is 0 Å². The predicted octanol–water partition coefficient (Wildman–Crippen LogP) is -0.0707. The van der Waals surface area contributed by atoms with Gasteiger partial charge < -0.3 is 4.55 Å². The SMILES string of the molecule is C[S+]([O-])CSN. The third-order valence-corrected chi connectivity index (χ3v) is 2.11. The molecule has 0 saturated carbocycles. The zero-order valence-electron chi connectivity index (χ0n) is 3.51. The molecule has 0 rings (SSSR count). The summed E-state index contributed by atoms with van der Waals surface area (Å²) in [6.07, 6.45) is 1.62. The molecule has 0 heterocycles. The Morgan fingerprint density at radius 2 is 2.50 bits per heavy atom. The summed E-state index contributed by atoms with van der Waals surface area (Å²) in [7, 11) is 0. The van der Waals surface area contributed by atoms with Crippen molar-refractivity contribution in [2.75, 3.05) is 11.3 Å². The van der Waals surface area contributed by atoms with Crippen LogP contribution in [0.4, 0.5) is 0 Å². The quantitative estimate of drug-likeness (QED) is 0.415. The lowest BCUT2D eigenvalue weighted by Gasteiger charge is -1.97. The van der Waals surface area contributed by atoms with Gasteiger partial charge in [0, 0.05) is 0 Å². The van der Waals surface area contributed by atoms with Gasteiger partial charge in [0.1, 0.15) is 0 Å². The molecule has 2 nitrogen and oxygen atoms in total. The highest BCUT2D eigenvalue weighted by Crippen LogP contribution is 1.91. The number of hydrogen-bond donors (Lipinski definition) is 1. The number of hydrogen-bond acceptors (Lipinski definition) is 3. The van der Waals surface area contributed by atoms with E-state index in [1.165, 1.54) is 0 Å². The summed E-state index contributed by atoms with van der Waals surface area (Å²) < 4.78 is 10.1. The first kappa shape index (κ1) is 6.62. The van der Waals surface area contributed by atoms with E-state index >= 15 is 0 Å². The molecule has 38 valence electrons. The highest BCUT2D eigenvalue weighted by molar-refractivity contribution is 8.10. The van der Waals surface area contributed by atoms with Crippen molar-refractivity contribution in [1.82, 2.24) is 0 Å². The number of rotatable bonds is 2. The van der Waals surface area contributed by atoms with Crippen LogP contribution in [0.5, 0.6) is 0 Å². The largest absolute Gasteiger partial charge is 0.616 e. The Balaban J connectivity index is 2.63. The topological polar surface area (TPSA) is 49.1 Å². The van der Waals surface area contributed by atoms with Gasteiger partial charge in [0.2, 0.25) is 0 Å². The van der Waals surface area contributed by atoms with Gasteiger partial charge in [0.05, 0.1) is 6.26 Å². The average molecular weight is 125 g/mol. The molecule has 4 heteroatoms. The molecule has 0 aliphatic carbocycles. The fraction of sp³-hybridized carbons (Fsp3) is 1.00. The molecule has 2 N–H and O–H groups in total. The first-order chi connectivity index (χ1) is 2.77. The van der Waals surface area contributed by atoms with E-state index in [9.17, 15) is 4.55 Å². The molecule has 0 radical (unpaired) electrons. The monoisotopic (exact) mass is 125 g/mol. The molecule has 0 aromatic rings. The van der Waals surface area contributed by atoms with Crippen LogP contribution in [0.2, 0.25) is 0 Å². The van der Waals surface area contributed by atoms with Gasteiger partial charge in [-0.25, -0.2) is 0 Å². The van der Waals surface area contributed by atoms with Crippen LogP contribution >= 0.6 is 11.9 Å². The van der Waals surface area contributed by atoms with Crippen LogP contribution in [0.25, 0.3) is 0 Å². The van der Waals surface area contributed by atoms with E-state index in [0.29, 0.717) is 5.08 Å². The van der Waals surface area contributed by atoms with E-state index < -0.39 is 11.2 Å². The summed E-state index contributed by atoms with van der Waals surface area (Å²) in [6, 6.07) is 0. The second kappa shape index (κ2) is 3.80. The van der Waals surface area contributed by atoms with Crippen molar-refractivity contribution >= 4 is 23.1 Å². The molecular weight excluding hydrogens is 118 g/mol. The second-order valence-corrected chi connectivity index (χ2v) is 3.28. The number of nitrogens with two attached hydrogens (primary N) is 1. The highest BCUT2D eigenvalue weighted by Gasteiger charge is 1.89. The van der Waals surface area contributed by atoms with E-state index in [0.717, 1.165) is 11.9 Å². The van der Waals surface area contributed by atoms with Gasteiger partial charge in [-0.3, -0.25) is 5.14 Å². The molecule has 0 aromatic heterocycles. The minimum Gasteiger partial charge on any atom is -0.616 e. The minimum absolute atomic E-state index is 0.542. The molecular formula is C2H7NOS2. The molecule has 0 fully saturated rings. The lowest BCUT2D eigenvalue weighted by atomic mass is 11.9. The normalized spacial score (nSPS) is 14.5. The van der Waals surface area contributed by atoms with Crippen molar-refractivity contribution in [2.45, 2.75) is 0 Å². The molecule has 0 bridgehead atoms. The molecule has 0 aliphatic rings. The van der Waals surface area contributed by atoms with Crippen molar-refractivity contribution in [3.63, 3.8) is 0 Å². The Hall–Kier alpha value is 0.620. The van der Waals surface area contributed by atoms with Crippen molar-refractivity contribution < 1.29 is 4.55 Å². The zero-order valence-corrected chi connectivity index (χ0v) is 5.14. The van der Waals surface area contributed by atoms with Gasteiger partial charge in [0.15, 0.2) is 5.08 Å².